The Morgan fingerprint density at radius 1 is 0.299 bits per heavy atom. The number of hydrogen-bond acceptors (Lipinski definition) is 26. The summed E-state index contributed by atoms with van der Waals surface area (Å²) in [5.74, 6) is 0.371. The van der Waals surface area contributed by atoms with Crippen molar-refractivity contribution in [3.8, 4) is 34.5 Å². The minimum absolute atomic E-state index is 0.0967. The maximum atomic E-state index is 15.2. The monoisotopic (exact) mass is 1760 g/mol. The maximum absolute atomic E-state index is 15.2. The Hall–Kier alpha value is -9.74. The van der Waals surface area contributed by atoms with Crippen LogP contribution >= 0.6 is 0 Å². The average molecular weight is 1760 g/mol. The first kappa shape index (κ1) is 97.9. The Morgan fingerprint density at radius 2 is 0.606 bits per heavy atom. The third-order valence-electron chi connectivity index (χ3n) is 20.9. The fourth-order valence-electron chi connectivity index (χ4n) is 15.1. The van der Waals surface area contributed by atoms with Crippen molar-refractivity contribution in [1.29, 1.82) is 0 Å². The fourth-order valence-corrected chi connectivity index (χ4v) is 15.1. The second-order valence-corrected chi connectivity index (χ2v) is 29.4. The topological polar surface area (TPSA) is 280 Å². The minimum atomic E-state index is -1.01. The lowest BCUT2D eigenvalue weighted by Gasteiger charge is -2.53. The van der Waals surface area contributed by atoms with E-state index in [2.05, 4.69) is 139 Å². The maximum Gasteiger partial charge on any atom is 0.255 e. The average Bonchev–Trinajstić information content (AvgIpc) is 0.660. The summed E-state index contributed by atoms with van der Waals surface area (Å²) in [6.45, 7) is 13.6. The second-order valence-electron chi connectivity index (χ2n) is 29.4. The van der Waals surface area contributed by atoms with Gasteiger partial charge in [-0.1, -0.05) is 121 Å². The van der Waals surface area contributed by atoms with Gasteiger partial charge >= 0.3 is 0 Å². The first-order valence-electron chi connectivity index (χ1n) is 43.3. The number of methoxy groups -OCH3 is 6. The fraction of sp³-hybridized carbons (Fsp3) is 0.455. The summed E-state index contributed by atoms with van der Waals surface area (Å²) in [5, 5.41) is 10.8. The Bertz CT molecular complexity index is 4660. The van der Waals surface area contributed by atoms with Gasteiger partial charge in [0.15, 0.2) is 23.0 Å². The van der Waals surface area contributed by atoms with Crippen LogP contribution in [0.5, 0.6) is 34.5 Å². The van der Waals surface area contributed by atoms with Gasteiger partial charge in [-0.15, -0.1) is 0 Å². The lowest BCUT2D eigenvalue weighted by atomic mass is 9.49. The van der Waals surface area contributed by atoms with Crippen LogP contribution in [-0.4, -0.2) is 292 Å². The Labute approximate surface area is 744 Å². The van der Waals surface area contributed by atoms with Crippen LogP contribution in [0.25, 0.3) is 32.7 Å². The largest absolute Gasteiger partial charge is 0.487 e. The SMILES string of the molecule is COCCOCCOCCOc1cc(C(=O)Nc2ccc(C3=C(c4c5ccccc5cc5ccc(C)cc45)C4(c5ccc(NC(=O)c6cc(OCCOCCOCCOC)c(OCCOCCOCCOC)c(OCCOCCOCCOC)c6)cc5)c5ccccc5C3c3ccccc34)cc2)cc(OCCOCCOCCOC)c1OCCOCCOCCOC. The molecule has 0 aromatic heterocycles. The van der Waals surface area contributed by atoms with Gasteiger partial charge < -0.3 is 124 Å². The summed E-state index contributed by atoms with van der Waals surface area (Å²) in [6.07, 6.45) is 0. The molecule has 0 unspecified atom stereocenters. The van der Waals surface area contributed by atoms with Gasteiger partial charge in [-0.25, -0.2) is 0 Å². The van der Waals surface area contributed by atoms with Crippen LogP contribution in [0.2, 0.25) is 0 Å². The molecule has 0 saturated heterocycles. The lowest BCUT2D eigenvalue weighted by molar-refractivity contribution is 0.0146. The highest BCUT2D eigenvalue weighted by atomic mass is 16.6. The van der Waals surface area contributed by atoms with Gasteiger partial charge in [-0.2, -0.15) is 0 Å². The van der Waals surface area contributed by atoms with Crippen molar-refractivity contribution in [2.24, 2.45) is 0 Å². The number of allylic oxidation sites excluding steroid dienone is 2. The summed E-state index contributed by atoms with van der Waals surface area (Å²) in [5.41, 5.74) is 11.3. The summed E-state index contributed by atoms with van der Waals surface area (Å²) in [6, 6.07) is 58.1. The molecule has 3 aliphatic rings. The number of fused-ring (bicyclic) bond motifs is 2. The van der Waals surface area contributed by atoms with E-state index in [1.807, 2.05) is 24.3 Å². The summed E-state index contributed by atoms with van der Waals surface area (Å²) in [4.78, 5) is 30.4. The molecule has 28 heteroatoms. The number of benzene rings is 9. The molecule has 2 N–H and O–H groups in total. The van der Waals surface area contributed by atoms with Crippen molar-refractivity contribution in [3.05, 3.63) is 225 Å². The molecule has 0 heterocycles. The summed E-state index contributed by atoms with van der Waals surface area (Å²) >= 11 is 0. The minimum Gasteiger partial charge on any atom is -0.487 e. The van der Waals surface area contributed by atoms with Crippen molar-refractivity contribution in [1.82, 2.24) is 0 Å². The van der Waals surface area contributed by atoms with Crippen LogP contribution in [0.1, 0.15) is 71.1 Å². The molecule has 3 aliphatic carbocycles. The molecule has 127 heavy (non-hydrogen) atoms. The van der Waals surface area contributed by atoms with Crippen molar-refractivity contribution in [2.45, 2.75) is 18.3 Å². The van der Waals surface area contributed by atoms with Gasteiger partial charge in [-0.05, 0) is 133 Å². The molecule has 28 nitrogen and oxygen atoms in total. The summed E-state index contributed by atoms with van der Waals surface area (Å²) < 4.78 is 139. The van der Waals surface area contributed by atoms with Gasteiger partial charge in [0, 0.05) is 71.1 Å². The molecule has 9 aromatic rings. The van der Waals surface area contributed by atoms with Crippen LogP contribution in [0, 0.1) is 6.92 Å². The van der Waals surface area contributed by atoms with Gasteiger partial charge in [0.05, 0.1) is 204 Å². The van der Waals surface area contributed by atoms with Crippen LogP contribution in [0.4, 0.5) is 11.4 Å². The van der Waals surface area contributed by atoms with Gasteiger partial charge in [0.1, 0.15) is 39.6 Å². The number of anilines is 2. The zero-order valence-corrected chi connectivity index (χ0v) is 74.3. The number of carbonyl (C=O) groups is 2. The molecule has 0 radical (unpaired) electrons. The van der Waals surface area contributed by atoms with Gasteiger partial charge in [0.2, 0.25) is 11.5 Å². The quantitative estimate of drug-likeness (QED) is 0.0265. The van der Waals surface area contributed by atoms with Crippen molar-refractivity contribution < 1.29 is 123 Å². The Morgan fingerprint density at radius 3 is 0.969 bits per heavy atom. The number of nitrogens with one attached hydrogen (secondary N) is 2. The molecule has 2 bridgehead atoms. The highest BCUT2D eigenvalue weighted by Gasteiger charge is 2.55. The highest BCUT2D eigenvalue weighted by molar-refractivity contribution is 6.19. The van der Waals surface area contributed by atoms with E-state index in [1.165, 1.54) is 0 Å². The summed E-state index contributed by atoms with van der Waals surface area (Å²) in [7, 11) is 9.73. The normalized spacial score (nSPS) is 13.9. The van der Waals surface area contributed by atoms with E-state index in [0.717, 1.165) is 77.2 Å². The van der Waals surface area contributed by atoms with Gasteiger partial charge in [-0.3, -0.25) is 9.59 Å². The molecule has 0 saturated carbocycles. The molecule has 9 aromatic carbocycles. The van der Waals surface area contributed by atoms with Crippen molar-refractivity contribution in [2.75, 3.05) is 291 Å². The highest BCUT2D eigenvalue weighted by Crippen LogP contribution is 2.67. The number of amides is 2. The van der Waals surface area contributed by atoms with Crippen LogP contribution < -0.4 is 39.1 Å². The van der Waals surface area contributed by atoms with Crippen LogP contribution in [0.15, 0.2) is 170 Å². The van der Waals surface area contributed by atoms with E-state index < -0.39 is 17.2 Å². The zero-order valence-electron chi connectivity index (χ0n) is 74.3. The van der Waals surface area contributed by atoms with Crippen molar-refractivity contribution in [3.63, 3.8) is 0 Å². The van der Waals surface area contributed by atoms with Crippen molar-refractivity contribution >= 4 is 55.9 Å². The van der Waals surface area contributed by atoms with Crippen LogP contribution in [0.3, 0.4) is 0 Å². The predicted octanol–water partition coefficient (Wildman–Crippen LogP) is 13.6. The first-order valence-corrected chi connectivity index (χ1v) is 43.3. The van der Waals surface area contributed by atoms with E-state index in [1.54, 1.807) is 66.9 Å². The zero-order chi connectivity index (χ0) is 88.7. The van der Waals surface area contributed by atoms with Crippen LogP contribution in [-0.2, 0) is 90.7 Å². The molecule has 12 rings (SSSR count). The molecule has 686 valence electrons. The molecular formula is C99H124N2O26. The van der Waals surface area contributed by atoms with E-state index in [9.17, 15) is 0 Å². The number of ether oxygens (including phenoxy) is 24. The Balaban J connectivity index is 0.953. The van der Waals surface area contributed by atoms with E-state index in [0.29, 0.717) is 170 Å². The molecule has 0 spiro atoms. The molecule has 0 atom stereocenters. The van der Waals surface area contributed by atoms with Gasteiger partial charge in [0.25, 0.3) is 11.8 Å². The van der Waals surface area contributed by atoms with E-state index >= 15 is 9.59 Å². The molecule has 0 fully saturated rings. The van der Waals surface area contributed by atoms with E-state index in [4.69, 9.17) is 114 Å². The number of rotatable bonds is 67. The Kier molecular flexibility index (Phi) is 42.5. The van der Waals surface area contributed by atoms with E-state index in [-0.39, 0.29) is 131 Å². The molecule has 2 amide bonds. The standard InChI is InChI=1S/C99H124N2O26/c1-72-20-21-75-67-74-14-8-9-15-81(74)93(84(75)66-72)94-91(73-22-26-79(27-23-73)100-97(102)76-68-87(122-60-54-116-48-42-110-36-30-104-2)95(126-64-58-120-52-46-114-40-34-108-6)88(69-76)123-61-55-117-49-43-111-37-31-105-3)92-82-16-10-12-18-85(82)99(94,86-19-13-11-17-83(86)92)78-24-28-80(29-25-78)101-98(103)77-70-89(124-62-56-118-50-44-112-38-32-106-4)96(127-65-59-121-53-47-115-41-35-109-7)90(71-77)125-63-57-119-51-45-113-39-33-107-5/h8-29,66-71,92H,30-65H2,1-7H3,(H,100,102)(H,101,103). The number of hydrogen-bond donors (Lipinski definition) is 2. The third-order valence-corrected chi connectivity index (χ3v) is 20.9. The molecule has 0 aliphatic heterocycles. The number of carbonyl (C=O) groups excluding carboxylic acids is 2. The predicted molar refractivity (Wildman–Crippen MR) is 483 cm³/mol. The smallest absolute Gasteiger partial charge is 0.255 e. The first-order chi connectivity index (χ1) is 62.6. The second kappa shape index (κ2) is 55.2. The lowest BCUT2D eigenvalue weighted by Crippen LogP contribution is -2.42. The third kappa shape index (κ3) is 28.6. The molecular weight excluding hydrogens is 1630 g/mol. The number of aryl methyl sites for hydroxylation is 1.